The number of para-hydroxylation sites is 1. The van der Waals surface area contributed by atoms with Crippen molar-refractivity contribution in [3.05, 3.63) is 41.1 Å². The molecule has 0 spiro atoms. The first kappa shape index (κ1) is 15.2. The summed E-state index contributed by atoms with van der Waals surface area (Å²) < 4.78 is 6.68. The van der Waals surface area contributed by atoms with Gasteiger partial charge in [0.2, 0.25) is 5.88 Å². The first-order valence-corrected chi connectivity index (χ1v) is 8.25. The molecule has 1 aliphatic rings. The van der Waals surface area contributed by atoms with Crippen molar-refractivity contribution in [1.82, 2.24) is 9.97 Å². The lowest BCUT2D eigenvalue weighted by Gasteiger charge is -2.36. The van der Waals surface area contributed by atoms with Crippen molar-refractivity contribution in [3.8, 4) is 11.6 Å². The van der Waals surface area contributed by atoms with Gasteiger partial charge in [-0.05, 0) is 59.8 Å². The summed E-state index contributed by atoms with van der Waals surface area (Å²) in [5.74, 6) is 2.81. The maximum atomic E-state index is 5.79. The Morgan fingerprint density at radius 3 is 2.86 bits per heavy atom. The lowest BCUT2D eigenvalue weighted by atomic mass is 9.78. The number of benzene rings is 1. The fourth-order valence-electron chi connectivity index (χ4n) is 2.65. The number of halogens is 1. The minimum Gasteiger partial charge on any atom is -0.438 e. The maximum absolute atomic E-state index is 5.79. The summed E-state index contributed by atoms with van der Waals surface area (Å²) >= 11 is 3.46. The van der Waals surface area contributed by atoms with Gasteiger partial charge in [0.25, 0.3) is 0 Å². The Bertz CT molecular complexity index is 631. The number of anilines is 1. The van der Waals surface area contributed by atoms with Gasteiger partial charge in [-0.2, -0.15) is 0 Å². The van der Waals surface area contributed by atoms with Crippen molar-refractivity contribution < 1.29 is 4.74 Å². The largest absolute Gasteiger partial charge is 0.438 e. The zero-order valence-corrected chi connectivity index (χ0v) is 13.8. The van der Waals surface area contributed by atoms with E-state index in [0.717, 1.165) is 47.8 Å². The van der Waals surface area contributed by atoms with Gasteiger partial charge >= 0.3 is 0 Å². The second kappa shape index (κ2) is 7.07. The highest BCUT2D eigenvalue weighted by atomic mass is 79.9. The van der Waals surface area contributed by atoms with Crippen molar-refractivity contribution in [3.63, 3.8) is 0 Å². The molecule has 22 heavy (non-hydrogen) atoms. The van der Waals surface area contributed by atoms with Crippen molar-refractivity contribution in [2.45, 2.75) is 25.3 Å². The quantitative estimate of drug-likeness (QED) is 0.821. The fourth-order valence-corrected chi connectivity index (χ4v) is 3.01. The first-order valence-electron chi connectivity index (χ1n) is 7.45. The molecular weight excluding hydrogens is 344 g/mol. The van der Waals surface area contributed by atoms with Gasteiger partial charge in [0, 0.05) is 12.1 Å². The standard InChI is InChI=1S/C16H19BrN4O/c17-13-3-1-2-4-14(13)22-16-9-15(19-10-20-16)21-12-7-11(8-12)5-6-18/h1-4,9-12H,5-8,18H2,(H,19,20,21). The van der Waals surface area contributed by atoms with E-state index in [2.05, 4.69) is 31.2 Å². The number of nitrogens with one attached hydrogen (secondary N) is 1. The van der Waals surface area contributed by atoms with Crippen LogP contribution in [-0.2, 0) is 0 Å². The van der Waals surface area contributed by atoms with Crippen LogP contribution in [0.1, 0.15) is 19.3 Å². The molecule has 5 nitrogen and oxygen atoms in total. The first-order chi connectivity index (χ1) is 10.7. The molecule has 1 aromatic carbocycles. The number of aromatic nitrogens is 2. The van der Waals surface area contributed by atoms with Gasteiger partial charge in [0.1, 0.15) is 17.9 Å². The second-order valence-electron chi connectivity index (χ2n) is 5.53. The van der Waals surface area contributed by atoms with E-state index in [9.17, 15) is 0 Å². The summed E-state index contributed by atoms with van der Waals surface area (Å²) in [5.41, 5.74) is 5.58. The summed E-state index contributed by atoms with van der Waals surface area (Å²) in [5, 5.41) is 3.42. The Kier molecular flexibility index (Phi) is 4.90. The van der Waals surface area contributed by atoms with Crippen LogP contribution in [0.4, 0.5) is 5.82 Å². The highest BCUT2D eigenvalue weighted by Gasteiger charge is 2.28. The van der Waals surface area contributed by atoms with E-state index in [1.54, 1.807) is 0 Å². The summed E-state index contributed by atoms with van der Waals surface area (Å²) in [6, 6.07) is 9.99. The molecule has 0 amide bonds. The van der Waals surface area contributed by atoms with E-state index >= 15 is 0 Å². The zero-order chi connectivity index (χ0) is 15.4. The normalized spacial score (nSPS) is 20.3. The average Bonchev–Trinajstić information content (AvgIpc) is 2.48. The van der Waals surface area contributed by atoms with Crippen molar-refractivity contribution >= 4 is 21.7 Å². The smallest absolute Gasteiger partial charge is 0.224 e. The number of hydrogen-bond acceptors (Lipinski definition) is 5. The van der Waals surface area contributed by atoms with Crippen LogP contribution in [-0.4, -0.2) is 22.6 Å². The molecule has 2 aromatic rings. The predicted octanol–water partition coefficient (Wildman–Crippen LogP) is 3.57. The molecule has 1 aliphatic carbocycles. The van der Waals surface area contributed by atoms with E-state index in [-0.39, 0.29) is 0 Å². The molecule has 1 saturated carbocycles. The van der Waals surface area contributed by atoms with E-state index in [1.807, 2.05) is 30.3 Å². The minimum absolute atomic E-state index is 0.475. The molecule has 1 fully saturated rings. The Hall–Kier alpha value is -1.66. The molecule has 116 valence electrons. The van der Waals surface area contributed by atoms with E-state index < -0.39 is 0 Å². The van der Waals surface area contributed by atoms with Gasteiger partial charge in [-0.15, -0.1) is 0 Å². The third-order valence-electron chi connectivity index (χ3n) is 3.86. The Morgan fingerprint density at radius 2 is 2.09 bits per heavy atom. The number of nitrogens with two attached hydrogens (primary N) is 1. The second-order valence-corrected chi connectivity index (χ2v) is 6.38. The van der Waals surface area contributed by atoms with E-state index in [1.165, 1.54) is 6.33 Å². The predicted molar refractivity (Wildman–Crippen MR) is 90.1 cm³/mol. The SMILES string of the molecule is NCCC1CC(Nc2cc(Oc3ccccc3Br)ncn2)C1. The zero-order valence-electron chi connectivity index (χ0n) is 12.2. The van der Waals surface area contributed by atoms with Crippen LogP contribution in [0, 0.1) is 5.92 Å². The lowest BCUT2D eigenvalue weighted by molar-refractivity contribution is 0.269. The molecule has 0 bridgehead atoms. The van der Waals surface area contributed by atoms with Gasteiger partial charge in [-0.3, -0.25) is 0 Å². The third kappa shape index (κ3) is 3.75. The van der Waals surface area contributed by atoms with Gasteiger partial charge in [-0.1, -0.05) is 12.1 Å². The molecule has 3 rings (SSSR count). The van der Waals surface area contributed by atoms with Crippen molar-refractivity contribution in [1.29, 1.82) is 0 Å². The molecule has 3 N–H and O–H groups in total. The summed E-state index contributed by atoms with van der Waals surface area (Å²) in [4.78, 5) is 8.42. The molecule has 6 heteroatoms. The van der Waals surface area contributed by atoms with E-state index in [0.29, 0.717) is 11.9 Å². The Labute approximate surface area is 138 Å². The topological polar surface area (TPSA) is 73.1 Å². The number of nitrogens with zero attached hydrogens (tertiary/aromatic N) is 2. The molecule has 0 atom stereocenters. The molecule has 1 heterocycles. The monoisotopic (exact) mass is 362 g/mol. The lowest BCUT2D eigenvalue weighted by Crippen LogP contribution is -2.36. The van der Waals surface area contributed by atoms with Crippen molar-refractivity contribution in [2.24, 2.45) is 11.7 Å². The van der Waals surface area contributed by atoms with Crippen LogP contribution in [0.2, 0.25) is 0 Å². The highest BCUT2D eigenvalue weighted by Crippen LogP contribution is 2.33. The molecule has 0 unspecified atom stereocenters. The van der Waals surface area contributed by atoms with Crippen molar-refractivity contribution in [2.75, 3.05) is 11.9 Å². The summed E-state index contributed by atoms with van der Waals surface area (Å²) in [6.45, 7) is 0.773. The number of rotatable bonds is 6. The molecular formula is C16H19BrN4O. The molecule has 1 aromatic heterocycles. The number of ether oxygens (including phenoxy) is 1. The number of hydrogen-bond donors (Lipinski definition) is 2. The summed E-state index contributed by atoms with van der Waals surface area (Å²) in [7, 11) is 0. The van der Waals surface area contributed by atoms with Crippen LogP contribution < -0.4 is 15.8 Å². The van der Waals surface area contributed by atoms with Gasteiger partial charge in [0.15, 0.2) is 0 Å². The minimum atomic E-state index is 0.475. The van der Waals surface area contributed by atoms with E-state index in [4.69, 9.17) is 10.5 Å². The molecule has 0 saturated heterocycles. The van der Waals surface area contributed by atoms with Crippen LogP contribution in [0.25, 0.3) is 0 Å². The highest BCUT2D eigenvalue weighted by molar-refractivity contribution is 9.10. The van der Waals surface area contributed by atoms with Gasteiger partial charge < -0.3 is 15.8 Å². The molecule has 0 radical (unpaired) electrons. The maximum Gasteiger partial charge on any atom is 0.224 e. The average molecular weight is 363 g/mol. The van der Waals surface area contributed by atoms with Crippen LogP contribution in [0.15, 0.2) is 41.1 Å². The third-order valence-corrected chi connectivity index (χ3v) is 4.51. The van der Waals surface area contributed by atoms with Crippen LogP contribution in [0.3, 0.4) is 0 Å². The Morgan fingerprint density at radius 1 is 1.27 bits per heavy atom. The molecule has 0 aliphatic heterocycles. The fraction of sp³-hybridized carbons (Fsp3) is 0.375. The van der Waals surface area contributed by atoms with Gasteiger partial charge in [0.05, 0.1) is 4.47 Å². The van der Waals surface area contributed by atoms with Crippen LogP contribution >= 0.6 is 15.9 Å². The Balaban J connectivity index is 1.60. The van der Waals surface area contributed by atoms with Crippen LogP contribution in [0.5, 0.6) is 11.6 Å². The summed E-state index contributed by atoms with van der Waals surface area (Å²) in [6.07, 6.45) is 4.94. The van der Waals surface area contributed by atoms with Gasteiger partial charge in [-0.25, -0.2) is 9.97 Å².